The molecule has 1 aliphatic heterocycles. The van der Waals surface area contributed by atoms with Gasteiger partial charge < -0.3 is 10.6 Å². The van der Waals surface area contributed by atoms with E-state index in [4.69, 9.17) is 5.73 Å². The molecule has 18 heavy (non-hydrogen) atoms. The van der Waals surface area contributed by atoms with Crippen molar-refractivity contribution in [3.8, 4) is 0 Å². The molecule has 2 N–H and O–H groups in total. The first-order valence-electron chi connectivity index (χ1n) is 6.98. The van der Waals surface area contributed by atoms with Crippen LogP contribution in [0.25, 0.3) is 0 Å². The molecule has 2 heterocycles. The van der Waals surface area contributed by atoms with E-state index in [1.165, 1.54) is 43.4 Å². The molecule has 3 nitrogen and oxygen atoms in total. The van der Waals surface area contributed by atoms with Gasteiger partial charge in [0.25, 0.3) is 0 Å². The molecule has 1 unspecified atom stereocenters. The third-order valence-electron chi connectivity index (χ3n) is 4.12. The predicted molar refractivity (Wildman–Crippen MR) is 76.9 cm³/mol. The summed E-state index contributed by atoms with van der Waals surface area (Å²) in [6.07, 6.45) is 7.99. The molecule has 4 heteroatoms. The molecule has 1 aliphatic carbocycles. The molecule has 0 radical (unpaired) electrons. The van der Waals surface area contributed by atoms with Crippen LogP contribution in [0.3, 0.4) is 0 Å². The first-order chi connectivity index (χ1) is 8.86. The molecule has 0 amide bonds. The fourth-order valence-corrected chi connectivity index (χ4v) is 4.01. The number of aliphatic imine (C=N–C) groups is 1. The summed E-state index contributed by atoms with van der Waals surface area (Å²) >= 11 is 1.82. The Balaban J connectivity index is 1.80. The summed E-state index contributed by atoms with van der Waals surface area (Å²) in [6.45, 7) is 0.836. The lowest BCUT2D eigenvalue weighted by atomic mass is 10.0. The van der Waals surface area contributed by atoms with Crippen molar-refractivity contribution in [1.29, 1.82) is 0 Å². The molecule has 1 aromatic heterocycles. The van der Waals surface area contributed by atoms with Gasteiger partial charge >= 0.3 is 0 Å². The summed E-state index contributed by atoms with van der Waals surface area (Å²) in [5.74, 6) is 0.764. The van der Waals surface area contributed by atoms with Gasteiger partial charge in [-0.25, -0.2) is 0 Å². The second kappa shape index (κ2) is 5.31. The highest BCUT2D eigenvalue weighted by Crippen LogP contribution is 2.34. The van der Waals surface area contributed by atoms with Crippen LogP contribution >= 0.6 is 11.3 Å². The highest BCUT2D eigenvalue weighted by Gasteiger charge is 2.33. The third kappa shape index (κ3) is 2.26. The van der Waals surface area contributed by atoms with E-state index in [0.717, 1.165) is 12.5 Å². The van der Waals surface area contributed by atoms with Gasteiger partial charge in [0.2, 0.25) is 0 Å². The molecular weight excluding hydrogens is 242 g/mol. The lowest BCUT2D eigenvalue weighted by Crippen LogP contribution is -2.43. The highest BCUT2D eigenvalue weighted by molar-refractivity contribution is 7.10. The van der Waals surface area contributed by atoms with E-state index in [2.05, 4.69) is 27.4 Å². The van der Waals surface area contributed by atoms with Crippen LogP contribution in [0.5, 0.6) is 0 Å². The number of guanidine groups is 1. The largest absolute Gasteiger partial charge is 0.370 e. The van der Waals surface area contributed by atoms with E-state index in [0.29, 0.717) is 12.1 Å². The highest BCUT2D eigenvalue weighted by atomic mass is 32.1. The van der Waals surface area contributed by atoms with Gasteiger partial charge in [0.15, 0.2) is 5.96 Å². The normalized spacial score (nSPS) is 26.1. The average molecular weight is 263 g/mol. The maximum atomic E-state index is 6.14. The summed E-state index contributed by atoms with van der Waals surface area (Å²) in [5.41, 5.74) is 6.14. The Morgan fingerprint density at radius 2 is 2.00 bits per heavy atom. The van der Waals surface area contributed by atoms with Crippen LogP contribution in [0.2, 0.25) is 0 Å². The second-order valence-electron chi connectivity index (χ2n) is 5.28. The summed E-state index contributed by atoms with van der Waals surface area (Å²) < 4.78 is 0. The SMILES string of the molecule is NC1=NCC(c2cccs2)N1C1CCCCCC1. The van der Waals surface area contributed by atoms with Crippen molar-refractivity contribution in [3.63, 3.8) is 0 Å². The van der Waals surface area contributed by atoms with Crippen molar-refractivity contribution in [2.24, 2.45) is 10.7 Å². The minimum absolute atomic E-state index is 0.396. The first kappa shape index (κ1) is 12.0. The van der Waals surface area contributed by atoms with Crippen LogP contribution in [0.15, 0.2) is 22.5 Å². The number of hydrogen-bond donors (Lipinski definition) is 1. The molecule has 2 aliphatic rings. The molecule has 1 aromatic rings. The number of nitrogens with two attached hydrogens (primary N) is 1. The van der Waals surface area contributed by atoms with Crippen LogP contribution < -0.4 is 5.73 Å². The fourth-order valence-electron chi connectivity index (χ4n) is 3.19. The van der Waals surface area contributed by atoms with Gasteiger partial charge in [0.05, 0.1) is 12.6 Å². The van der Waals surface area contributed by atoms with E-state index in [1.54, 1.807) is 0 Å². The minimum Gasteiger partial charge on any atom is -0.370 e. The molecule has 1 atom stereocenters. The Bertz CT molecular complexity index is 405. The third-order valence-corrected chi connectivity index (χ3v) is 5.09. The molecule has 0 saturated heterocycles. The van der Waals surface area contributed by atoms with Crippen molar-refractivity contribution in [3.05, 3.63) is 22.4 Å². The summed E-state index contributed by atoms with van der Waals surface area (Å²) in [4.78, 5) is 8.29. The summed E-state index contributed by atoms with van der Waals surface area (Å²) in [7, 11) is 0. The van der Waals surface area contributed by atoms with Gasteiger partial charge in [-0.15, -0.1) is 11.3 Å². The fraction of sp³-hybridized carbons (Fsp3) is 0.643. The topological polar surface area (TPSA) is 41.6 Å². The molecule has 0 aromatic carbocycles. The maximum Gasteiger partial charge on any atom is 0.192 e. The van der Waals surface area contributed by atoms with E-state index in [1.807, 2.05) is 11.3 Å². The lowest BCUT2D eigenvalue weighted by molar-refractivity contribution is 0.240. The zero-order chi connectivity index (χ0) is 12.4. The quantitative estimate of drug-likeness (QED) is 0.833. The van der Waals surface area contributed by atoms with Crippen molar-refractivity contribution in [2.75, 3.05) is 6.54 Å². The number of rotatable bonds is 2. The van der Waals surface area contributed by atoms with E-state index in [9.17, 15) is 0 Å². The zero-order valence-corrected chi connectivity index (χ0v) is 11.5. The van der Waals surface area contributed by atoms with Gasteiger partial charge in [0, 0.05) is 10.9 Å². The molecule has 98 valence electrons. The van der Waals surface area contributed by atoms with Crippen molar-refractivity contribution < 1.29 is 0 Å². The van der Waals surface area contributed by atoms with Crippen molar-refractivity contribution in [2.45, 2.75) is 50.6 Å². The van der Waals surface area contributed by atoms with Crippen LogP contribution in [0.1, 0.15) is 49.4 Å². The lowest BCUT2D eigenvalue weighted by Gasteiger charge is -2.33. The monoisotopic (exact) mass is 263 g/mol. The molecular formula is C14H21N3S. The summed E-state index contributed by atoms with van der Waals surface area (Å²) in [6, 6.07) is 5.34. The molecule has 1 saturated carbocycles. The van der Waals surface area contributed by atoms with Gasteiger partial charge in [-0.1, -0.05) is 31.7 Å². The Labute approximate surface area is 113 Å². The summed E-state index contributed by atoms with van der Waals surface area (Å²) in [5, 5.41) is 2.15. The average Bonchev–Trinajstić information content (AvgIpc) is 2.93. The Kier molecular flexibility index (Phi) is 3.55. The molecule has 0 spiro atoms. The molecule has 1 fully saturated rings. The zero-order valence-electron chi connectivity index (χ0n) is 10.7. The van der Waals surface area contributed by atoms with Gasteiger partial charge in [0.1, 0.15) is 0 Å². The smallest absolute Gasteiger partial charge is 0.192 e. The van der Waals surface area contributed by atoms with Crippen LogP contribution in [-0.2, 0) is 0 Å². The van der Waals surface area contributed by atoms with Crippen LogP contribution in [0.4, 0.5) is 0 Å². The molecule has 3 rings (SSSR count). The Morgan fingerprint density at radius 3 is 2.67 bits per heavy atom. The minimum atomic E-state index is 0.396. The maximum absolute atomic E-state index is 6.14. The van der Waals surface area contributed by atoms with Gasteiger partial charge in [-0.3, -0.25) is 4.99 Å². The number of hydrogen-bond acceptors (Lipinski definition) is 4. The van der Waals surface area contributed by atoms with Gasteiger partial charge in [-0.2, -0.15) is 0 Å². The standard InChI is InChI=1S/C14H21N3S/c15-14-16-10-12(13-8-5-9-18-13)17(14)11-6-3-1-2-4-7-11/h5,8-9,11-12H,1-4,6-7,10H2,(H2,15,16). The van der Waals surface area contributed by atoms with E-state index in [-0.39, 0.29) is 0 Å². The first-order valence-corrected chi connectivity index (χ1v) is 7.86. The number of thiophene rings is 1. The van der Waals surface area contributed by atoms with Crippen LogP contribution in [0, 0.1) is 0 Å². The van der Waals surface area contributed by atoms with E-state index < -0.39 is 0 Å². The Morgan fingerprint density at radius 1 is 1.22 bits per heavy atom. The van der Waals surface area contributed by atoms with Gasteiger partial charge in [-0.05, 0) is 24.3 Å². The Hall–Kier alpha value is -1.03. The number of nitrogens with zero attached hydrogens (tertiary/aromatic N) is 2. The van der Waals surface area contributed by atoms with Crippen molar-refractivity contribution >= 4 is 17.3 Å². The molecule has 0 bridgehead atoms. The predicted octanol–water partition coefficient (Wildman–Crippen LogP) is 3.14. The van der Waals surface area contributed by atoms with Crippen molar-refractivity contribution in [1.82, 2.24) is 4.90 Å². The second-order valence-corrected chi connectivity index (χ2v) is 6.26. The van der Waals surface area contributed by atoms with E-state index >= 15 is 0 Å². The van der Waals surface area contributed by atoms with Crippen LogP contribution in [-0.4, -0.2) is 23.4 Å².